The van der Waals surface area contributed by atoms with E-state index in [4.69, 9.17) is 0 Å². The molecule has 0 aliphatic carbocycles. The lowest BCUT2D eigenvalue weighted by Gasteiger charge is -2.28. The minimum absolute atomic E-state index is 0.231. The van der Waals surface area contributed by atoms with Gasteiger partial charge in [-0.2, -0.15) is 5.10 Å². The molecular formula is C18H26N4O2. The standard InChI is InChI=1S/C18H26N4O2/c1-6-21(12-18(4,5)24)17(23)19-15-8-7-9-16(11-15)22-14(3)10-13(2)20-22/h7-11,24H,6,12H2,1-5H3,(H,19,23). The van der Waals surface area contributed by atoms with Gasteiger partial charge in [-0.3, -0.25) is 0 Å². The lowest BCUT2D eigenvalue weighted by atomic mass is 10.1. The van der Waals surface area contributed by atoms with Gasteiger partial charge in [0.1, 0.15) is 0 Å². The van der Waals surface area contributed by atoms with Gasteiger partial charge in [0, 0.05) is 17.9 Å². The summed E-state index contributed by atoms with van der Waals surface area (Å²) in [6.07, 6.45) is 0. The Labute approximate surface area is 143 Å². The molecule has 2 amide bonds. The van der Waals surface area contributed by atoms with Crippen LogP contribution >= 0.6 is 0 Å². The number of likely N-dealkylation sites (N-methyl/N-ethyl adjacent to an activating group) is 1. The summed E-state index contributed by atoms with van der Waals surface area (Å²) in [5.74, 6) is 0. The first kappa shape index (κ1) is 18.0. The summed E-state index contributed by atoms with van der Waals surface area (Å²) < 4.78 is 1.85. The smallest absolute Gasteiger partial charge is 0.321 e. The first-order valence-electron chi connectivity index (χ1n) is 8.11. The van der Waals surface area contributed by atoms with E-state index in [1.165, 1.54) is 0 Å². The molecule has 0 atom stereocenters. The van der Waals surface area contributed by atoms with Gasteiger partial charge < -0.3 is 15.3 Å². The van der Waals surface area contributed by atoms with Gasteiger partial charge in [0.2, 0.25) is 0 Å². The topological polar surface area (TPSA) is 70.4 Å². The molecule has 1 aromatic heterocycles. The molecule has 0 unspecified atom stereocenters. The Bertz CT molecular complexity index is 716. The highest BCUT2D eigenvalue weighted by Gasteiger charge is 2.21. The number of carbonyl (C=O) groups is 1. The average Bonchev–Trinajstić information content (AvgIpc) is 2.82. The number of benzene rings is 1. The van der Waals surface area contributed by atoms with Gasteiger partial charge in [-0.25, -0.2) is 9.48 Å². The van der Waals surface area contributed by atoms with E-state index >= 15 is 0 Å². The van der Waals surface area contributed by atoms with Crippen LogP contribution in [0.5, 0.6) is 0 Å². The molecule has 1 heterocycles. The molecule has 24 heavy (non-hydrogen) atoms. The monoisotopic (exact) mass is 330 g/mol. The quantitative estimate of drug-likeness (QED) is 0.885. The summed E-state index contributed by atoms with van der Waals surface area (Å²) in [6, 6.07) is 9.33. The molecule has 0 bridgehead atoms. The van der Waals surface area contributed by atoms with Crippen LogP contribution in [0.2, 0.25) is 0 Å². The van der Waals surface area contributed by atoms with Crippen LogP contribution in [0.15, 0.2) is 30.3 Å². The molecule has 2 rings (SSSR count). The van der Waals surface area contributed by atoms with E-state index in [1.54, 1.807) is 18.7 Å². The summed E-state index contributed by atoms with van der Waals surface area (Å²) in [4.78, 5) is 14.0. The van der Waals surface area contributed by atoms with Crippen molar-refractivity contribution in [3.8, 4) is 5.69 Å². The zero-order valence-corrected chi connectivity index (χ0v) is 15.0. The zero-order valence-electron chi connectivity index (χ0n) is 15.0. The van der Waals surface area contributed by atoms with Crippen molar-refractivity contribution in [1.29, 1.82) is 0 Å². The van der Waals surface area contributed by atoms with E-state index in [0.717, 1.165) is 17.1 Å². The Morgan fingerprint density at radius 1 is 1.33 bits per heavy atom. The zero-order chi connectivity index (χ0) is 17.9. The van der Waals surface area contributed by atoms with Crippen molar-refractivity contribution in [3.63, 3.8) is 0 Å². The van der Waals surface area contributed by atoms with Gasteiger partial charge in [0.05, 0.1) is 23.5 Å². The molecule has 6 heteroatoms. The van der Waals surface area contributed by atoms with Crippen molar-refractivity contribution >= 4 is 11.7 Å². The second-order valence-corrected chi connectivity index (χ2v) is 6.65. The Morgan fingerprint density at radius 3 is 2.58 bits per heavy atom. The third-order valence-electron chi connectivity index (χ3n) is 3.60. The van der Waals surface area contributed by atoms with Crippen LogP contribution in [-0.2, 0) is 0 Å². The van der Waals surface area contributed by atoms with Crippen LogP contribution in [0, 0.1) is 13.8 Å². The molecule has 0 aliphatic rings. The van der Waals surface area contributed by atoms with E-state index in [1.807, 2.05) is 55.8 Å². The average molecular weight is 330 g/mol. The van der Waals surface area contributed by atoms with E-state index in [9.17, 15) is 9.90 Å². The molecule has 6 nitrogen and oxygen atoms in total. The van der Waals surface area contributed by atoms with Crippen molar-refractivity contribution < 1.29 is 9.90 Å². The Hall–Kier alpha value is -2.34. The Morgan fingerprint density at radius 2 is 2.04 bits per heavy atom. The molecule has 0 saturated heterocycles. The number of nitrogens with one attached hydrogen (secondary N) is 1. The van der Waals surface area contributed by atoms with Crippen molar-refractivity contribution in [1.82, 2.24) is 14.7 Å². The maximum Gasteiger partial charge on any atom is 0.321 e. The first-order valence-corrected chi connectivity index (χ1v) is 8.11. The van der Waals surface area contributed by atoms with E-state index < -0.39 is 5.60 Å². The fourth-order valence-electron chi connectivity index (χ4n) is 2.60. The van der Waals surface area contributed by atoms with Crippen LogP contribution < -0.4 is 5.32 Å². The first-order chi connectivity index (χ1) is 11.2. The van der Waals surface area contributed by atoms with Gasteiger partial charge in [0.15, 0.2) is 0 Å². The van der Waals surface area contributed by atoms with Crippen molar-refractivity contribution in [2.24, 2.45) is 0 Å². The normalized spacial score (nSPS) is 11.4. The van der Waals surface area contributed by atoms with E-state index in [-0.39, 0.29) is 12.6 Å². The fraction of sp³-hybridized carbons (Fsp3) is 0.444. The molecule has 2 aromatic rings. The fourth-order valence-corrected chi connectivity index (χ4v) is 2.60. The van der Waals surface area contributed by atoms with Gasteiger partial charge in [-0.05, 0) is 58.9 Å². The highest BCUT2D eigenvalue weighted by molar-refractivity contribution is 5.89. The third-order valence-corrected chi connectivity index (χ3v) is 3.60. The number of anilines is 1. The predicted octanol–water partition coefficient (Wildman–Crippen LogP) is 3.11. The van der Waals surface area contributed by atoms with E-state index in [0.29, 0.717) is 12.2 Å². The summed E-state index contributed by atoms with van der Waals surface area (Å²) >= 11 is 0. The Balaban J connectivity index is 2.17. The summed E-state index contributed by atoms with van der Waals surface area (Å²) in [6.45, 7) is 9.99. The molecule has 130 valence electrons. The van der Waals surface area contributed by atoms with Crippen LogP contribution in [0.1, 0.15) is 32.2 Å². The molecular weight excluding hydrogens is 304 g/mol. The maximum absolute atomic E-state index is 12.4. The van der Waals surface area contributed by atoms with Crippen molar-refractivity contribution in [3.05, 3.63) is 41.7 Å². The minimum Gasteiger partial charge on any atom is -0.389 e. The number of hydrogen-bond acceptors (Lipinski definition) is 3. The molecule has 0 radical (unpaired) electrons. The summed E-state index contributed by atoms with van der Waals surface area (Å²) in [5, 5.41) is 17.3. The van der Waals surface area contributed by atoms with Gasteiger partial charge in [-0.1, -0.05) is 6.07 Å². The lowest BCUT2D eigenvalue weighted by molar-refractivity contribution is 0.0501. The molecule has 2 N–H and O–H groups in total. The number of amides is 2. The molecule has 0 saturated carbocycles. The SMILES string of the molecule is CCN(CC(C)(C)O)C(=O)Nc1cccc(-n2nc(C)cc2C)c1. The highest BCUT2D eigenvalue weighted by atomic mass is 16.3. The molecule has 0 aliphatic heterocycles. The van der Waals surface area contributed by atoms with Gasteiger partial charge in [-0.15, -0.1) is 0 Å². The third kappa shape index (κ3) is 4.58. The van der Waals surface area contributed by atoms with Crippen LogP contribution in [0.3, 0.4) is 0 Å². The number of urea groups is 1. The molecule has 1 aromatic carbocycles. The number of hydrogen-bond donors (Lipinski definition) is 2. The van der Waals surface area contributed by atoms with Gasteiger partial charge >= 0.3 is 6.03 Å². The number of nitrogens with zero attached hydrogens (tertiary/aromatic N) is 3. The van der Waals surface area contributed by atoms with Crippen LogP contribution in [-0.4, -0.2) is 44.5 Å². The number of aromatic nitrogens is 2. The second-order valence-electron chi connectivity index (χ2n) is 6.65. The van der Waals surface area contributed by atoms with Crippen LogP contribution in [0.4, 0.5) is 10.5 Å². The number of carbonyl (C=O) groups excluding carboxylic acids is 1. The van der Waals surface area contributed by atoms with E-state index in [2.05, 4.69) is 10.4 Å². The number of aryl methyl sites for hydroxylation is 2. The van der Waals surface area contributed by atoms with Gasteiger partial charge in [0.25, 0.3) is 0 Å². The Kier molecular flexibility index (Phi) is 5.29. The molecule has 0 spiro atoms. The number of rotatable bonds is 5. The lowest BCUT2D eigenvalue weighted by Crippen LogP contribution is -2.44. The second kappa shape index (κ2) is 7.05. The highest BCUT2D eigenvalue weighted by Crippen LogP contribution is 2.17. The van der Waals surface area contributed by atoms with Crippen molar-refractivity contribution in [2.45, 2.75) is 40.2 Å². The predicted molar refractivity (Wildman–Crippen MR) is 95.6 cm³/mol. The molecule has 0 fully saturated rings. The minimum atomic E-state index is -0.932. The van der Waals surface area contributed by atoms with Crippen LogP contribution in [0.25, 0.3) is 5.69 Å². The maximum atomic E-state index is 12.4. The number of aliphatic hydroxyl groups is 1. The van der Waals surface area contributed by atoms with Crippen molar-refractivity contribution in [2.75, 3.05) is 18.4 Å². The summed E-state index contributed by atoms with van der Waals surface area (Å²) in [7, 11) is 0. The largest absolute Gasteiger partial charge is 0.389 e. The summed E-state index contributed by atoms with van der Waals surface area (Å²) in [5.41, 5.74) is 2.64.